The zero-order valence-corrected chi connectivity index (χ0v) is 16.2. The number of H-pyrrole nitrogens is 1. The smallest absolute Gasteiger partial charge is 0.328 e. The molecule has 0 spiro atoms. The molecular weight excluding hydrogens is 380 g/mol. The Morgan fingerprint density at radius 1 is 1.36 bits per heavy atom. The fourth-order valence-corrected chi connectivity index (χ4v) is 3.40. The number of halogens is 1. The van der Waals surface area contributed by atoms with Gasteiger partial charge in [-0.3, -0.25) is 0 Å². The number of benzene rings is 1. The third-order valence-electron chi connectivity index (χ3n) is 4.72. The normalized spacial score (nSPS) is 12.4. The summed E-state index contributed by atoms with van der Waals surface area (Å²) in [4.78, 5) is 28.0. The zero-order chi connectivity index (χ0) is 19.7. The van der Waals surface area contributed by atoms with Crippen molar-refractivity contribution in [3.8, 4) is 0 Å². The molecule has 144 valence electrons. The number of anilines is 1. The molecule has 0 aliphatic rings. The van der Waals surface area contributed by atoms with Crippen LogP contribution in [0.15, 0.2) is 36.8 Å². The maximum absolute atomic E-state index is 11.9. The number of ether oxygens (including phenoxy) is 1. The van der Waals surface area contributed by atoms with Crippen LogP contribution in [0.2, 0.25) is 5.28 Å². The van der Waals surface area contributed by atoms with Crippen LogP contribution in [0.3, 0.4) is 0 Å². The number of aromatic nitrogens is 5. The summed E-state index contributed by atoms with van der Waals surface area (Å²) in [7, 11) is 1.34. The highest BCUT2D eigenvalue weighted by Gasteiger charge is 2.21. The average Bonchev–Trinajstić information content (AvgIpc) is 3.31. The number of carbonyl (C=O) groups is 1. The summed E-state index contributed by atoms with van der Waals surface area (Å²) in [5.74, 6) is 0.147. The third kappa shape index (κ3) is 3.27. The molecule has 1 atom stereocenters. The second kappa shape index (κ2) is 7.47. The second-order valence-electron chi connectivity index (χ2n) is 6.40. The van der Waals surface area contributed by atoms with E-state index in [0.717, 1.165) is 11.9 Å². The van der Waals surface area contributed by atoms with E-state index in [4.69, 9.17) is 16.3 Å². The van der Waals surface area contributed by atoms with Crippen molar-refractivity contribution in [2.24, 2.45) is 0 Å². The van der Waals surface area contributed by atoms with Gasteiger partial charge >= 0.3 is 5.97 Å². The zero-order valence-electron chi connectivity index (χ0n) is 15.4. The molecule has 0 aliphatic carbocycles. The van der Waals surface area contributed by atoms with Gasteiger partial charge < -0.3 is 19.6 Å². The van der Waals surface area contributed by atoms with E-state index < -0.39 is 6.04 Å². The van der Waals surface area contributed by atoms with Crippen LogP contribution in [0.5, 0.6) is 0 Å². The van der Waals surface area contributed by atoms with Crippen LogP contribution in [0.25, 0.3) is 22.1 Å². The van der Waals surface area contributed by atoms with Crippen LogP contribution in [0.1, 0.15) is 18.5 Å². The van der Waals surface area contributed by atoms with Crippen molar-refractivity contribution in [1.82, 2.24) is 24.5 Å². The van der Waals surface area contributed by atoms with Crippen molar-refractivity contribution in [3.63, 3.8) is 0 Å². The molecule has 1 unspecified atom stereocenters. The van der Waals surface area contributed by atoms with Crippen molar-refractivity contribution >= 4 is 45.5 Å². The Morgan fingerprint density at radius 3 is 3.00 bits per heavy atom. The third-order valence-corrected chi connectivity index (χ3v) is 4.88. The molecule has 0 saturated carbocycles. The summed E-state index contributed by atoms with van der Waals surface area (Å²) in [6.45, 7) is 2.36. The maximum Gasteiger partial charge on any atom is 0.328 e. The van der Waals surface area contributed by atoms with Gasteiger partial charge in [0, 0.05) is 23.6 Å². The summed E-state index contributed by atoms with van der Waals surface area (Å²) in [5.41, 5.74) is 3.36. The van der Waals surface area contributed by atoms with Crippen LogP contribution in [-0.4, -0.2) is 44.1 Å². The summed E-state index contributed by atoms with van der Waals surface area (Å²) >= 11 is 6.10. The molecule has 0 amide bonds. The van der Waals surface area contributed by atoms with E-state index in [9.17, 15) is 4.79 Å². The molecule has 4 rings (SSSR count). The number of aromatic amines is 1. The van der Waals surface area contributed by atoms with Crippen molar-refractivity contribution in [1.29, 1.82) is 0 Å². The van der Waals surface area contributed by atoms with Gasteiger partial charge in [-0.05, 0) is 36.6 Å². The summed E-state index contributed by atoms with van der Waals surface area (Å²) in [6, 6.07) is 7.61. The van der Waals surface area contributed by atoms with Crippen LogP contribution < -0.4 is 5.32 Å². The largest absolute Gasteiger partial charge is 0.467 e. The highest BCUT2D eigenvalue weighted by molar-refractivity contribution is 6.28. The molecule has 2 N–H and O–H groups in total. The first kappa shape index (κ1) is 18.2. The minimum atomic E-state index is -0.569. The Bertz CT molecular complexity index is 1150. The van der Waals surface area contributed by atoms with Crippen LogP contribution in [0.4, 0.5) is 5.82 Å². The molecular formula is C19H19ClN6O2. The predicted octanol–water partition coefficient (Wildman–Crippen LogP) is 3.35. The number of nitrogens with one attached hydrogen (secondary N) is 2. The number of esters is 1. The second-order valence-corrected chi connectivity index (χ2v) is 6.74. The van der Waals surface area contributed by atoms with Gasteiger partial charge in [0.1, 0.15) is 6.04 Å². The molecule has 0 aliphatic heterocycles. The van der Waals surface area contributed by atoms with Crippen LogP contribution in [-0.2, 0) is 16.0 Å². The first-order chi connectivity index (χ1) is 13.6. The minimum absolute atomic E-state index is 0.0842. The number of carbonyl (C=O) groups excluding carboxylic acids is 1. The number of hydrogen-bond acceptors (Lipinski definition) is 6. The van der Waals surface area contributed by atoms with E-state index in [1.54, 1.807) is 17.8 Å². The van der Waals surface area contributed by atoms with Gasteiger partial charge in [0.25, 0.3) is 0 Å². The van der Waals surface area contributed by atoms with E-state index in [-0.39, 0.29) is 11.3 Å². The number of hydrogen-bond donors (Lipinski definition) is 2. The Morgan fingerprint density at radius 2 is 2.18 bits per heavy atom. The van der Waals surface area contributed by atoms with E-state index in [1.807, 2.05) is 18.3 Å². The monoisotopic (exact) mass is 398 g/mol. The van der Waals surface area contributed by atoms with Gasteiger partial charge in [-0.15, -0.1) is 0 Å². The molecule has 0 saturated heterocycles. The number of methoxy groups -OCH3 is 1. The quantitative estimate of drug-likeness (QED) is 0.382. The molecule has 9 heteroatoms. The SMILES string of the molecule is COC(=O)C(C)n1cnc2c(NCCc3c[nH]c4ccccc34)nc(Cl)nc21. The fourth-order valence-electron chi connectivity index (χ4n) is 3.23. The lowest BCUT2D eigenvalue weighted by molar-refractivity contribution is -0.143. The lowest BCUT2D eigenvalue weighted by atomic mass is 10.1. The van der Waals surface area contributed by atoms with Crippen molar-refractivity contribution in [2.45, 2.75) is 19.4 Å². The van der Waals surface area contributed by atoms with Crippen LogP contribution in [0, 0.1) is 0 Å². The molecule has 3 aromatic heterocycles. The van der Waals surface area contributed by atoms with Crippen molar-refractivity contribution in [2.75, 3.05) is 19.0 Å². The summed E-state index contributed by atoms with van der Waals surface area (Å²) in [6.07, 6.45) is 4.36. The number of fused-ring (bicyclic) bond motifs is 2. The fraction of sp³-hybridized carbons (Fsp3) is 0.263. The molecule has 8 nitrogen and oxygen atoms in total. The highest BCUT2D eigenvalue weighted by Crippen LogP contribution is 2.24. The van der Waals surface area contributed by atoms with Gasteiger partial charge in [0.05, 0.1) is 13.4 Å². The summed E-state index contributed by atoms with van der Waals surface area (Å²) in [5, 5.41) is 4.57. The van der Waals surface area contributed by atoms with E-state index in [0.29, 0.717) is 23.5 Å². The molecule has 0 fully saturated rings. The molecule has 4 aromatic rings. The Labute approximate surface area is 165 Å². The van der Waals surface area contributed by atoms with E-state index >= 15 is 0 Å². The lowest BCUT2D eigenvalue weighted by Crippen LogP contribution is -2.17. The molecule has 3 heterocycles. The maximum atomic E-state index is 11.9. The number of nitrogens with zero attached hydrogens (tertiary/aromatic N) is 4. The van der Waals surface area contributed by atoms with Crippen molar-refractivity contribution < 1.29 is 9.53 Å². The van der Waals surface area contributed by atoms with Crippen molar-refractivity contribution in [3.05, 3.63) is 47.6 Å². The first-order valence-electron chi connectivity index (χ1n) is 8.85. The predicted molar refractivity (Wildman–Crippen MR) is 108 cm³/mol. The topological polar surface area (TPSA) is 97.7 Å². The lowest BCUT2D eigenvalue weighted by Gasteiger charge is -2.11. The standard InChI is InChI=1S/C19H19ClN6O2/c1-11(18(27)28-2)26-10-23-15-16(24-19(20)25-17(15)26)21-8-7-12-9-22-14-6-4-3-5-13(12)14/h3-6,9-11,22H,7-8H2,1-2H3,(H,21,24,25). The average molecular weight is 399 g/mol. The number of imidazole rings is 1. The Balaban J connectivity index is 1.57. The van der Waals surface area contributed by atoms with Gasteiger partial charge in [0.15, 0.2) is 17.0 Å². The Hall–Kier alpha value is -3.13. The van der Waals surface area contributed by atoms with Crippen LogP contribution >= 0.6 is 11.6 Å². The van der Waals surface area contributed by atoms with Gasteiger partial charge in [-0.1, -0.05) is 18.2 Å². The van der Waals surface area contributed by atoms with Gasteiger partial charge in [-0.25, -0.2) is 9.78 Å². The molecule has 1 aromatic carbocycles. The molecule has 0 bridgehead atoms. The van der Waals surface area contributed by atoms with Gasteiger partial charge in [-0.2, -0.15) is 9.97 Å². The number of para-hydroxylation sites is 1. The highest BCUT2D eigenvalue weighted by atomic mass is 35.5. The first-order valence-corrected chi connectivity index (χ1v) is 9.23. The van der Waals surface area contributed by atoms with E-state index in [2.05, 4.69) is 37.4 Å². The van der Waals surface area contributed by atoms with Gasteiger partial charge in [0.2, 0.25) is 5.28 Å². The molecule has 0 radical (unpaired) electrons. The molecule has 28 heavy (non-hydrogen) atoms. The summed E-state index contributed by atoms with van der Waals surface area (Å²) < 4.78 is 6.43. The Kier molecular flexibility index (Phi) is 4.87. The minimum Gasteiger partial charge on any atom is -0.467 e. The van der Waals surface area contributed by atoms with E-state index in [1.165, 1.54) is 18.1 Å². The number of rotatable bonds is 6.